The molecular weight excluding hydrogens is 428 g/mol. The van der Waals surface area contributed by atoms with Crippen molar-refractivity contribution in [3.8, 4) is 5.75 Å². The number of rotatable bonds is 5. The largest absolute Gasteiger partial charge is 0.505 e. The Labute approximate surface area is 183 Å². The molecule has 3 aromatic rings. The quantitative estimate of drug-likeness (QED) is 0.506. The van der Waals surface area contributed by atoms with Gasteiger partial charge in [-0.25, -0.2) is 8.78 Å². The van der Waals surface area contributed by atoms with Crippen LogP contribution in [0.2, 0.25) is 5.02 Å². The number of nitrogens with zero attached hydrogens (tertiary/aromatic N) is 1. The van der Waals surface area contributed by atoms with E-state index in [1.165, 1.54) is 22.8 Å². The van der Waals surface area contributed by atoms with Crippen LogP contribution in [0.3, 0.4) is 0 Å². The van der Waals surface area contributed by atoms with E-state index in [2.05, 4.69) is 0 Å². The van der Waals surface area contributed by atoms with Gasteiger partial charge in [0.05, 0.1) is 22.6 Å². The fourth-order valence-electron chi connectivity index (χ4n) is 3.53. The molecule has 0 saturated heterocycles. The molecule has 31 heavy (non-hydrogen) atoms. The molecule has 0 bridgehead atoms. The van der Waals surface area contributed by atoms with Crippen LogP contribution in [-0.4, -0.2) is 27.7 Å². The lowest BCUT2D eigenvalue weighted by molar-refractivity contribution is -0.149. The summed E-state index contributed by atoms with van der Waals surface area (Å²) in [6.07, 6.45) is 0.273. The van der Waals surface area contributed by atoms with E-state index in [0.717, 1.165) is 12.1 Å². The number of aromatic nitrogens is 1. The second-order valence-corrected chi connectivity index (χ2v) is 7.85. The molecule has 0 spiro atoms. The van der Waals surface area contributed by atoms with Crippen LogP contribution in [0, 0.1) is 18.6 Å². The summed E-state index contributed by atoms with van der Waals surface area (Å²) >= 11 is 5.71. The van der Waals surface area contributed by atoms with E-state index in [4.69, 9.17) is 16.3 Å². The third-order valence-electron chi connectivity index (χ3n) is 5.38. The van der Waals surface area contributed by atoms with Crippen LogP contribution in [0.5, 0.6) is 5.75 Å². The van der Waals surface area contributed by atoms with Gasteiger partial charge in [-0.15, -0.1) is 0 Å². The smallest absolute Gasteiger partial charge is 0.313 e. The topological polar surface area (TPSA) is 68.5 Å². The number of hydrogen-bond donors (Lipinski definition) is 1. The van der Waals surface area contributed by atoms with Gasteiger partial charge >= 0.3 is 5.97 Å². The number of halogens is 3. The first-order chi connectivity index (χ1) is 14.6. The number of esters is 1. The molecule has 0 fully saturated rings. The molecule has 1 N–H and O–H groups in total. The van der Waals surface area contributed by atoms with Crippen molar-refractivity contribution in [3.63, 3.8) is 0 Å². The van der Waals surface area contributed by atoms with Gasteiger partial charge in [-0.05, 0) is 63.1 Å². The molecule has 0 saturated carbocycles. The van der Waals surface area contributed by atoms with Gasteiger partial charge in [-0.1, -0.05) is 18.5 Å². The SMILES string of the molecule is CCC(C)OC(=O)C(C)c1c(C)n(C(=O)c2ccc(Cl)c(F)c2)c2ccc(O)c(F)c12. The van der Waals surface area contributed by atoms with Gasteiger partial charge in [0.15, 0.2) is 11.6 Å². The lowest BCUT2D eigenvalue weighted by atomic mass is 9.97. The second kappa shape index (κ2) is 8.67. The van der Waals surface area contributed by atoms with Gasteiger partial charge in [0.2, 0.25) is 0 Å². The van der Waals surface area contributed by atoms with E-state index < -0.39 is 35.2 Å². The first-order valence-corrected chi connectivity index (χ1v) is 10.2. The Morgan fingerprint density at radius 1 is 1.19 bits per heavy atom. The summed E-state index contributed by atoms with van der Waals surface area (Å²) in [4.78, 5) is 25.9. The van der Waals surface area contributed by atoms with Gasteiger partial charge in [-0.3, -0.25) is 14.2 Å². The third kappa shape index (κ3) is 4.02. The molecule has 2 unspecified atom stereocenters. The van der Waals surface area contributed by atoms with Gasteiger partial charge < -0.3 is 9.84 Å². The van der Waals surface area contributed by atoms with E-state index >= 15 is 0 Å². The third-order valence-corrected chi connectivity index (χ3v) is 5.69. The van der Waals surface area contributed by atoms with Crippen LogP contribution < -0.4 is 0 Å². The number of fused-ring (bicyclic) bond motifs is 1. The van der Waals surface area contributed by atoms with E-state index in [9.17, 15) is 23.5 Å². The van der Waals surface area contributed by atoms with Crippen LogP contribution >= 0.6 is 11.6 Å². The summed E-state index contributed by atoms with van der Waals surface area (Å²) in [5.74, 6) is -4.45. The van der Waals surface area contributed by atoms with Gasteiger partial charge in [0.1, 0.15) is 5.82 Å². The molecule has 2 aromatic carbocycles. The van der Waals surface area contributed by atoms with Gasteiger partial charge in [0, 0.05) is 16.6 Å². The molecule has 0 aliphatic carbocycles. The molecular formula is C23H22ClF2NO4. The number of carbonyl (C=O) groups is 2. The minimum absolute atomic E-state index is 0.00299. The van der Waals surface area contributed by atoms with Gasteiger partial charge in [-0.2, -0.15) is 0 Å². The Hall–Kier alpha value is -2.93. The normalized spacial score (nSPS) is 13.3. The maximum atomic E-state index is 15.0. The maximum absolute atomic E-state index is 15.0. The summed E-state index contributed by atoms with van der Waals surface area (Å²) in [6.45, 7) is 6.71. The van der Waals surface area contributed by atoms with Crippen molar-refractivity contribution in [3.05, 3.63) is 63.8 Å². The molecule has 2 atom stereocenters. The molecule has 164 valence electrons. The predicted octanol–water partition coefficient (Wildman–Crippen LogP) is 5.72. The zero-order valence-corrected chi connectivity index (χ0v) is 18.3. The summed E-state index contributed by atoms with van der Waals surface area (Å²) in [6, 6.07) is 6.10. The number of hydrogen-bond acceptors (Lipinski definition) is 4. The number of phenols is 1. The maximum Gasteiger partial charge on any atom is 0.313 e. The molecule has 8 heteroatoms. The second-order valence-electron chi connectivity index (χ2n) is 7.44. The van der Waals surface area contributed by atoms with Crippen LogP contribution in [0.25, 0.3) is 10.9 Å². The molecule has 5 nitrogen and oxygen atoms in total. The average molecular weight is 450 g/mol. The van der Waals surface area contributed by atoms with Crippen molar-refractivity contribution in [1.29, 1.82) is 0 Å². The fraction of sp³-hybridized carbons (Fsp3) is 0.304. The van der Waals surface area contributed by atoms with Gasteiger partial charge in [0.25, 0.3) is 5.91 Å². The minimum atomic E-state index is -0.951. The Bertz CT molecular complexity index is 1190. The molecule has 0 amide bonds. The van der Waals surface area contributed by atoms with Crippen molar-refractivity contribution in [2.75, 3.05) is 0 Å². The highest BCUT2D eigenvalue weighted by atomic mass is 35.5. The molecule has 1 heterocycles. The molecule has 0 radical (unpaired) electrons. The first kappa shape index (κ1) is 22.7. The van der Waals surface area contributed by atoms with Crippen LogP contribution in [-0.2, 0) is 9.53 Å². The van der Waals surface area contributed by atoms with Crippen molar-refractivity contribution in [2.45, 2.75) is 46.1 Å². The summed E-state index contributed by atoms with van der Waals surface area (Å²) < 4.78 is 35.5. The summed E-state index contributed by atoms with van der Waals surface area (Å²) in [7, 11) is 0. The highest BCUT2D eigenvalue weighted by Gasteiger charge is 2.30. The van der Waals surface area contributed by atoms with Crippen molar-refractivity contribution in [2.24, 2.45) is 0 Å². The molecule has 0 aliphatic heterocycles. The van der Waals surface area contributed by atoms with E-state index in [0.29, 0.717) is 6.42 Å². The van der Waals surface area contributed by atoms with E-state index in [-0.39, 0.29) is 38.9 Å². The van der Waals surface area contributed by atoms with E-state index in [1.54, 1.807) is 20.8 Å². The minimum Gasteiger partial charge on any atom is -0.505 e. The number of carbonyl (C=O) groups excluding carboxylic acids is 2. The lowest BCUT2D eigenvalue weighted by Crippen LogP contribution is -2.20. The standard InChI is InChI=1S/C23H22ClF2NO4/c1-5-11(2)31-23(30)12(3)19-13(4)27(17-8-9-18(28)21(26)20(17)19)22(29)14-6-7-15(24)16(25)10-14/h6-12,28H,5H2,1-4H3. The summed E-state index contributed by atoms with van der Waals surface area (Å²) in [5, 5.41) is 9.72. The van der Waals surface area contributed by atoms with Crippen molar-refractivity contribution in [1.82, 2.24) is 4.57 Å². The van der Waals surface area contributed by atoms with Crippen LogP contribution in [0.15, 0.2) is 30.3 Å². The fourth-order valence-corrected chi connectivity index (χ4v) is 3.65. The Morgan fingerprint density at radius 3 is 2.48 bits per heavy atom. The zero-order chi connectivity index (χ0) is 23.0. The first-order valence-electron chi connectivity index (χ1n) is 9.81. The highest BCUT2D eigenvalue weighted by Crippen LogP contribution is 2.37. The Kier molecular flexibility index (Phi) is 6.36. The highest BCUT2D eigenvalue weighted by molar-refractivity contribution is 6.30. The number of benzene rings is 2. The Morgan fingerprint density at radius 2 is 1.87 bits per heavy atom. The van der Waals surface area contributed by atoms with E-state index in [1.807, 2.05) is 6.92 Å². The number of aromatic hydroxyl groups is 1. The Balaban J connectivity index is 2.23. The lowest BCUT2D eigenvalue weighted by Gasteiger charge is -2.16. The summed E-state index contributed by atoms with van der Waals surface area (Å²) in [5.41, 5.74) is 0.649. The number of phenolic OH excluding ortho intramolecular Hbond substituents is 1. The number of ether oxygens (including phenoxy) is 1. The molecule has 1 aromatic heterocycles. The van der Waals surface area contributed by atoms with Crippen molar-refractivity contribution >= 4 is 34.4 Å². The molecule has 0 aliphatic rings. The predicted molar refractivity (Wildman–Crippen MR) is 114 cm³/mol. The monoisotopic (exact) mass is 449 g/mol. The van der Waals surface area contributed by atoms with Crippen LogP contribution in [0.4, 0.5) is 8.78 Å². The van der Waals surface area contributed by atoms with Crippen LogP contribution in [0.1, 0.15) is 54.7 Å². The zero-order valence-electron chi connectivity index (χ0n) is 17.5. The van der Waals surface area contributed by atoms with Crippen molar-refractivity contribution < 1.29 is 28.2 Å². The average Bonchev–Trinajstić information content (AvgIpc) is 3.03. The molecule has 3 rings (SSSR count).